The van der Waals surface area contributed by atoms with Gasteiger partial charge in [-0.15, -0.1) is 0 Å². The molecule has 17 heavy (non-hydrogen) atoms. The lowest BCUT2D eigenvalue weighted by Crippen LogP contribution is -2.25. The highest BCUT2D eigenvalue weighted by atomic mass is 16.5. The zero-order chi connectivity index (χ0) is 12.9. The molecular formula is C13H16O4. The average Bonchev–Trinajstić information content (AvgIpc) is 2.28. The summed E-state index contributed by atoms with van der Waals surface area (Å²) in [6.45, 7) is 3.18. The quantitative estimate of drug-likeness (QED) is 0.630. The molecule has 1 aromatic rings. The van der Waals surface area contributed by atoms with Gasteiger partial charge in [-0.25, -0.2) is 0 Å². The minimum Gasteiger partial charge on any atom is -0.481 e. The molecule has 0 aliphatic heterocycles. The zero-order valence-corrected chi connectivity index (χ0v) is 9.97. The van der Waals surface area contributed by atoms with E-state index < -0.39 is 17.4 Å². The summed E-state index contributed by atoms with van der Waals surface area (Å²) in [6, 6.07) is 8.72. The third kappa shape index (κ3) is 4.26. The van der Waals surface area contributed by atoms with Crippen LogP contribution in [0.25, 0.3) is 0 Å². The van der Waals surface area contributed by atoms with Crippen molar-refractivity contribution in [3.63, 3.8) is 0 Å². The molecule has 4 nitrogen and oxygen atoms in total. The fraction of sp³-hybridized carbons (Fsp3) is 0.385. The number of rotatable bonds is 5. The molecule has 0 amide bonds. The molecule has 0 unspecified atom stereocenters. The van der Waals surface area contributed by atoms with E-state index in [1.54, 1.807) is 38.1 Å². The Bertz CT molecular complexity index is 395. The summed E-state index contributed by atoms with van der Waals surface area (Å²) in [6.07, 6.45) is 0.349. The molecule has 0 aromatic heterocycles. The van der Waals surface area contributed by atoms with Crippen LogP contribution in [0.5, 0.6) is 5.75 Å². The molecule has 0 saturated carbocycles. The molecular weight excluding hydrogens is 220 g/mol. The molecule has 0 bridgehead atoms. The van der Waals surface area contributed by atoms with Crippen LogP contribution in [0.3, 0.4) is 0 Å². The summed E-state index contributed by atoms with van der Waals surface area (Å²) < 4.78 is 5.06. The maximum atomic E-state index is 11.5. The van der Waals surface area contributed by atoms with E-state index in [1.807, 2.05) is 6.07 Å². The monoisotopic (exact) mass is 236 g/mol. The maximum Gasteiger partial charge on any atom is 0.311 e. The van der Waals surface area contributed by atoms with Gasteiger partial charge in [-0.3, -0.25) is 9.59 Å². The van der Waals surface area contributed by atoms with E-state index in [2.05, 4.69) is 0 Å². The predicted molar refractivity (Wildman–Crippen MR) is 62.7 cm³/mol. The van der Waals surface area contributed by atoms with Crippen LogP contribution >= 0.6 is 0 Å². The Kier molecular flexibility index (Phi) is 4.26. The van der Waals surface area contributed by atoms with Gasteiger partial charge in [-0.05, 0) is 32.4 Å². The third-order valence-electron chi connectivity index (χ3n) is 2.51. The number of hydrogen-bond donors (Lipinski definition) is 1. The van der Waals surface area contributed by atoms with Gasteiger partial charge in [0.15, 0.2) is 0 Å². The summed E-state index contributed by atoms with van der Waals surface area (Å²) in [5.41, 5.74) is -0.907. The van der Waals surface area contributed by atoms with Gasteiger partial charge in [0, 0.05) is 6.42 Å². The lowest BCUT2D eigenvalue weighted by Gasteiger charge is -2.17. The molecule has 1 N–H and O–H groups in total. The minimum atomic E-state index is -0.912. The van der Waals surface area contributed by atoms with Crippen molar-refractivity contribution in [2.45, 2.75) is 26.7 Å². The smallest absolute Gasteiger partial charge is 0.311 e. The Morgan fingerprint density at radius 1 is 1.24 bits per heavy atom. The first-order valence-electron chi connectivity index (χ1n) is 5.41. The summed E-state index contributed by atoms with van der Waals surface area (Å²) in [5, 5.41) is 8.89. The first-order chi connectivity index (χ1) is 7.92. The van der Waals surface area contributed by atoms with E-state index in [0.29, 0.717) is 5.75 Å². The van der Waals surface area contributed by atoms with Gasteiger partial charge >= 0.3 is 11.9 Å². The van der Waals surface area contributed by atoms with Crippen molar-refractivity contribution < 1.29 is 19.4 Å². The van der Waals surface area contributed by atoms with Crippen molar-refractivity contribution in [1.82, 2.24) is 0 Å². The van der Waals surface area contributed by atoms with E-state index in [4.69, 9.17) is 9.84 Å². The molecule has 92 valence electrons. The molecule has 0 spiro atoms. The first-order valence-corrected chi connectivity index (χ1v) is 5.41. The molecule has 0 aliphatic rings. The standard InChI is InChI=1S/C13H16O4/c1-13(2,12(15)16)9-8-11(14)17-10-6-4-3-5-7-10/h3-7H,8-9H2,1-2H3,(H,15,16). The van der Waals surface area contributed by atoms with Crippen molar-refractivity contribution in [2.24, 2.45) is 5.41 Å². The van der Waals surface area contributed by atoms with Gasteiger partial charge < -0.3 is 9.84 Å². The van der Waals surface area contributed by atoms with E-state index in [0.717, 1.165) is 0 Å². The highest BCUT2D eigenvalue weighted by Gasteiger charge is 2.27. The van der Waals surface area contributed by atoms with Crippen molar-refractivity contribution in [1.29, 1.82) is 0 Å². The number of carbonyl (C=O) groups is 2. The molecule has 0 saturated heterocycles. The van der Waals surface area contributed by atoms with Crippen LogP contribution in [0.4, 0.5) is 0 Å². The summed E-state index contributed by atoms with van der Waals surface area (Å²) in [7, 11) is 0. The topological polar surface area (TPSA) is 63.6 Å². The predicted octanol–water partition coefficient (Wildman–Crippen LogP) is 2.48. The average molecular weight is 236 g/mol. The molecule has 0 heterocycles. The first kappa shape index (κ1) is 13.2. The van der Waals surface area contributed by atoms with Crippen molar-refractivity contribution >= 4 is 11.9 Å². The Morgan fingerprint density at radius 2 is 1.82 bits per heavy atom. The van der Waals surface area contributed by atoms with E-state index >= 15 is 0 Å². The second kappa shape index (κ2) is 5.48. The van der Waals surface area contributed by atoms with E-state index in [1.165, 1.54) is 0 Å². The molecule has 0 atom stereocenters. The largest absolute Gasteiger partial charge is 0.481 e. The number of ether oxygens (including phenoxy) is 1. The van der Waals surface area contributed by atoms with Crippen LogP contribution in [0, 0.1) is 5.41 Å². The number of aliphatic carboxylic acids is 1. The summed E-state index contributed by atoms with van der Waals surface area (Å²) in [5.74, 6) is -0.846. The normalized spacial score (nSPS) is 10.9. The lowest BCUT2D eigenvalue weighted by atomic mass is 9.88. The molecule has 4 heteroatoms. The number of esters is 1. The Labute approximate surface area is 100 Å². The van der Waals surface area contributed by atoms with Crippen molar-refractivity contribution in [3.8, 4) is 5.75 Å². The van der Waals surface area contributed by atoms with Crippen molar-refractivity contribution in [3.05, 3.63) is 30.3 Å². The highest BCUT2D eigenvalue weighted by Crippen LogP contribution is 2.23. The van der Waals surface area contributed by atoms with Crippen LogP contribution in [0.15, 0.2) is 30.3 Å². The van der Waals surface area contributed by atoms with Gasteiger partial charge in [0.1, 0.15) is 5.75 Å². The number of carboxylic acid groups (broad SMARTS) is 1. The number of para-hydroxylation sites is 1. The van der Waals surface area contributed by atoms with E-state index in [-0.39, 0.29) is 12.8 Å². The number of carbonyl (C=O) groups excluding carboxylic acids is 1. The third-order valence-corrected chi connectivity index (χ3v) is 2.51. The molecule has 0 radical (unpaired) electrons. The van der Waals surface area contributed by atoms with Gasteiger partial charge in [-0.1, -0.05) is 18.2 Å². The molecule has 1 aromatic carbocycles. The van der Waals surface area contributed by atoms with Crippen LogP contribution in [-0.2, 0) is 9.59 Å². The fourth-order valence-electron chi connectivity index (χ4n) is 1.19. The fourth-order valence-corrected chi connectivity index (χ4v) is 1.19. The van der Waals surface area contributed by atoms with Gasteiger partial charge in [0.2, 0.25) is 0 Å². The van der Waals surface area contributed by atoms with E-state index in [9.17, 15) is 9.59 Å². The van der Waals surface area contributed by atoms with Gasteiger partial charge in [0.25, 0.3) is 0 Å². The molecule has 1 rings (SSSR count). The summed E-state index contributed by atoms with van der Waals surface area (Å²) in [4.78, 5) is 22.3. The second-order valence-corrected chi connectivity index (χ2v) is 4.48. The van der Waals surface area contributed by atoms with Crippen LogP contribution < -0.4 is 4.74 Å². The Hall–Kier alpha value is -1.84. The molecule has 0 aliphatic carbocycles. The van der Waals surface area contributed by atoms with Crippen molar-refractivity contribution in [2.75, 3.05) is 0 Å². The highest BCUT2D eigenvalue weighted by molar-refractivity contribution is 5.76. The Morgan fingerprint density at radius 3 is 2.35 bits per heavy atom. The zero-order valence-electron chi connectivity index (χ0n) is 9.97. The van der Waals surface area contributed by atoms with Gasteiger partial charge in [0.05, 0.1) is 5.41 Å². The number of benzene rings is 1. The Balaban J connectivity index is 2.44. The minimum absolute atomic E-state index is 0.0915. The van der Waals surface area contributed by atoms with Gasteiger partial charge in [-0.2, -0.15) is 0 Å². The van der Waals surface area contributed by atoms with Crippen LogP contribution in [0.2, 0.25) is 0 Å². The SMILES string of the molecule is CC(C)(CCC(=O)Oc1ccccc1)C(=O)O. The van der Waals surface area contributed by atoms with Crippen LogP contribution in [-0.4, -0.2) is 17.0 Å². The number of hydrogen-bond acceptors (Lipinski definition) is 3. The lowest BCUT2D eigenvalue weighted by molar-refractivity contribution is -0.148. The van der Waals surface area contributed by atoms with Crippen LogP contribution in [0.1, 0.15) is 26.7 Å². The maximum absolute atomic E-state index is 11.5. The molecule has 0 fully saturated rings. The number of carboxylic acids is 1. The second-order valence-electron chi connectivity index (χ2n) is 4.48. The summed E-state index contributed by atoms with van der Waals surface area (Å²) >= 11 is 0.